The van der Waals surface area contributed by atoms with Gasteiger partial charge in [-0.2, -0.15) is 10.4 Å². The van der Waals surface area contributed by atoms with Crippen LogP contribution in [0.15, 0.2) is 48.5 Å². The number of nitriles is 1. The molecule has 3 aromatic rings. The molecule has 0 unspecified atom stereocenters. The maximum Gasteiger partial charge on any atom is 0.413 e. The summed E-state index contributed by atoms with van der Waals surface area (Å²) in [6.45, 7) is 5.44. The van der Waals surface area contributed by atoms with Gasteiger partial charge in [0.15, 0.2) is 0 Å². The highest BCUT2D eigenvalue weighted by Gasteiger charge is 2.20. The van der Waals surface area contributed by atoms with E-state index in [4.69, 9.17) is 10.00 Å². The molecule has 0 atom stereocenters. The summed E-state index contributed by atoms with van der Waals surface area (Å²) in [6, 6.07) is 17.3. The molecule has 1 N–H and O–H groups in total. The third-order valence-corrected chi connectivity index (χ3v) is 3.64. The van der Waals surface area contributed by atoms with E-state index in [2.05, 4.69) is 16.5 Å². The number of amides is 1. The first kappa shape index (κ1) is 17.5. The maximum atomic E-state index is 12.3. The smallest absolute Gasteiger partial charge is 0.413 e. The zero-order chi connectivity index (χ0) is 18.7. The Labute approximate surface area is 152 Å². The molecule has 0 saturated carbocycles. The van der Waals surface area contributed by atoms with Gasteiger partial charge in [-0.25, -0.2) is 9.48 Å². The van der Waals surface area contributed by atoms with Gasteiger partial charge < -0.3 is 4.74 Å². The van der Waals surface area contributed by atoms with Crippen LogP contribution in [0.25, 0.3) is 16.6 Å². The van der Waals surface area contributed by atoms with Crippen molar-refractivity contribution in [2.75, 3.05) is 5.32 Å². The number of hydrogen-bond acceptors (Lipinski definition) is 4. The molecular weight excluding hydrogens is 328 g/mol. The second-order valence-corrected chi connectivity index (χ2v) is 6.91. The Hall–Kier alpha value is -3.33. The lowest BCUT2D eigenvalue weighted by Gasteiger charge is -2.20. The SMILES string of the molecule is CC(C)(C)OC(=O)Nc1c2ccc(CC#N)cc2nn1-c1ccccc1. The summed E-state index contributed by atoms with van der Waals surface area (Å²) in [5.74, 6) is 0.531. The molecule has 26 heavy (non-hydrogen) atoms. The molecule has 1 aromatic heterocycles. The highest BCUT2D eigenvalue weighted by molar-refractivity contribution is 5.98. The number of rotatable bonds is 3. The molecule has 0 aliphatic rings. The minimum Gasteiger partial charge on any atom is -0.444 e. The third-order valence-electron chi connectivity index (χ3n) is 3.64. The van der Waals surface area contributed by atoms with Crippen LogP contribution in [0.3, 0.4) is 0 Å². The van der Waals surface area contributed by atoms with Crippen LogP contribution in [0, 0.1) is 11.3 Å². The number of nitrogens with one attached hydrogen (secondary N) is 1. The van der Waals surface area contributed by atoms with E-state index in [1.807, 2.05) is 69.3 Å². The normalized spacial score (nSPS) is 11.2. The predicted octanol–water partition coefficient (Wildman–Crippen LogP) is 4.44. The number of aromatic nitrogens is 2. The molecule has 0 radical (unpaired) electrons. The van der Waals surface area contributed by atoms with Gasteiger partial charge in [0.25, 0.3) is 0 Å². The number of ether oxygens (including phenoxy) is 1. The monoisotopic (exact) mass is 348 g/mol. The zero-order valence-electron chi connectivity index (χ0n) is 15.0. The van der Waals surface area contributed by atoms with Crippen molar-refractivity contribution < 1.29 is 9.53 Å². The molecule has 0 fully saturated rings. The summed E-state index contributed by atoms with van der Waals surface area (Å²) in [6.07, 6.45) is -0.235. The van der Waals surface area contributed by atoms with Gasteiger partial charge in [0.1, 0.15) is 11.4 Å². The topological polar surface area (TPSA) is 79.9 Å². The summed E-state index contributed by atoms with van der Waals surface area (Å²) in [5.41, 5.74) is 1.79. The molecule has 1 heterocycles. The van der Waals surface area contributed by atoms with Crippen LogP contribution in [-0.4, -0.2) is 21.5 Å². The van der Waals surface area contributed by atoms with Gasteiger partial charge >= 0.3 is 6.09 Å². The lowest BCUT2D eigenvalue weighted by atomic mass is 10.1. The Kier molecular flexibility index (Phi) is 4.63. The molecule has 0 aliphatic heterocycles. The average molecular weight is 348 g/mol. The number of fused-ring (bicyclic) bond motifs is 1. The van der Waals surface area contributed by atoms with Crippen molar-refractivity contribution in [3.63, 3.8) is 0 Å². The number of anilines is 1. The van der Waals surface area contributed by atoms with E-state index in [1.54, 1.807) is 4.68 Å². The predicted molar refractivity (Wildman–Crippen MR) is 100 cm³/mol. The Morgan fingerprint density at radius 2 is 1.96 bits per heavy atom. The highest BCUT2D eigenvalue weighted by Crippen LogP contribution is 2.28. The van der Waals surface area contributed by atoms with Crippen molar-refractivity contribution in [3.05, 3.63) is 54.1 Å². The van der Waals surface area contributed by atoms with Gasteiger partial charge in [-0.05, 0) is 50.6 Å². The summed E-state index contributed by atoms with van der Waals surface area (Å²) in [7, 11) is 0. The van der Waals surface area contributed by atoms with Crippen molar-refractivity contribution in [3.8, 4) is 11.8 Å². The van der Waals surface area contributed by atoms with E-state index in [0.717, 1.165) is 16.6 Å². The lowest BCUT2D eigenvalue weighted by molar-refractivity contribution is 0.0635. The molecule has 132 valence electrons. The van der Waals surface area contributed by atoms with Gasteiger partial charge in [-0.15, -0.1) is 0 Å². The fraction of sp³-hybridized carbons (Fsp3) is 0.250. The fourth-order valence-corrected chi connectivity index (χ4v) is 2.61. The van der Waals surface area contributed by atoms with Gasteiger partial charge in [0.05, 0.1) is 23.7 Å². The molecule has 0 spiro atoms. The van der Waals surface area contributed by atoms with Gasteiger partial charge in [-0.3, -0.25) is 5.32 Å². The van der Waals surface area contributed by atoms with Crippen molar-refractivity contribution in [2.24, 2.45) is 0 Å². The number of benzene rings is 2. The molecule has 6 nitrogen and oxygen atoms in total. The standard InChI is InChI=1S/C20H20N4O2/c1-20(2,3)26-19(25)22-18-16-10-9-14(11-12-21)13-17(16)23-24(18)15-7-5-4-6-8-15/h4-10,13H,11H2,1-3H3,(H,22,25). The zero-order valence-corrected chi connectivity index (χ0v) is 15.0. The molecule has 2 aromatic carbocycles. The third kappa shape index (κ3) is 3.83. The van der Waals surface area contributed by atoms with Crippen molar-refractivity contribution in [1.29, 1.82) is 5.26 Å². The van der Waals surface area contributed by atoms with Gasteiger partial charge in [-0.1, -0.05) is 24.3 Å². The average Bonchev–Trinajstić information content (AvgIpc) is 2.92. The second-order valence-electron chi connectivity index (χ2n) is 6.91. The van der Waals surface area contributed by atoms with Crippen LogP contribution in [0.2, 0.25) is 0 Å². The van der Waals surface area contributed by atoms with Crippen LogP contribution in [0.5, 0.6) is 0 Å². The second kappa shape index (κ2) is 6.89. The Balaban J connectivity index is 2.08. The first-order chi connectivity index (χ1) is 12.4. The van der Waals surface area contributed by atoms with E-state index < -0.39 is 11.7 Å². The highest BCUT2D eigenvalue weighted by atomic mass is 16.6. The maximum absolute atomic E-state index is 12.3. The summed E-state index contributed by atoms with van der Waals surface area (Å²) in [4.78, 5) is 12.3. The Morgan fingerprint density at radius 3 is 2.62 bits per heavy atom. The van der Waals surface area contributed by atoms with E-state index in [0.29, 0.717) is 17.8 Å². The number of carbonyl (C=O) groups is 1. The van der Waals surface area contributed by atoms with Gasteiger partial charge in [0, 0.05) is 5.39 Å². The Morgan fingerprint density at radius 1 is 1.23 bits per heavy atom. The van der Waals surface area contributed by atoms with Crippen LogP contribution in [0.1, 0.15) is 26.3 Å². The number of nitrogens with zero attached hydrogens (tertiary/aromatic N) is 3. The first-order valence-corrected chi connectivity index (χ1v) is 8.31. The largest absolute Gasteiger partial charge is 0.444 e. The van der Waals surface area contributed by atoms with E-state index in [-0.39, 0.29) is 0 Å². The van der Waals surface area contributed by atoms with Crippen LogP contribution in [0.4, 0.5) is 10.6 Å². The van der Waals surface area contributed by atoms with Crippen LogP contribution < -0.4 is 5.32 Å². The van der Waals surface area contributed by atoms with Crippen LogP contribution in [-0.2, 0) is 11.2 Å². The fourth-order valence-electron chi connectivity index (χ4n) is 2.61. The Bertz CT molecular complexity index is 979. The lowest BCUT2D eigenvalue weighted by Crippen LogP contribution is -2.28. The number of hydrogen-bond donors (Lipinski definition) is 1. The first-order valence-electron chi connectivity index (χ1n) is 8.31. The molecule has 3 rings (SSSR count). The summed E-state index contributed by atoms with van der Waals surface area (Å²) in [5, 5.41) is 17.1. The summed E-state index contributed by atoms with van der Waals surface area (Å²) >= 11 is 0. The van der Waals surface area contributed by atoms with E-state index in [9.17, 15) is 4.79 Å². The summed E-state index contributed by atoms with van der Waals surface area (Å²) < 4.78 is 7.05. The molecule has 0 saturated heterocycles. The number of carbonyl (C=O) groups excluding carboxylic acids is 1. The van der Waals surface area contributed by atoms with Crippen LogP contribution >= 0.6 is 0 Å². The molecule has 1 amide bonds. The van der Waals surface area contributed by atoms with E-state index >= 15 is 0 Å². The minimum atomic E-state index is -0.600. The van der Waals surface area contributed by atoms with Crippen molar-refractivity contribution in [1.82, 2.24) is 9.78 Å². The molecule has 6 heteroatoms. The van der Waals surface area contributed by atoms with E-state index in [1.165, 1.54) is 0 Å². The minimum absolute atomic E-state index is 0.308. The molecule has 0 aliphatic carbocycles. The van der Waals surface area contributed by atoms with Gasteiger partial charge in [0.2, 0.25) is 0 Å². The molecular formula is C20H20N4O2. The quantitative estimate of drug-likeness (QED) is 0.759. The van der Waals surface area contributed by atoms with Crippen molar-refractivity contribution >= 4 is 22.8 Å². The van der Waals surface area contributed by atoms with Crippen molar-refractivity contribution in [2.45, 2.75) is 32.8 Å². The molecule has 0 bridgehead atoms. The number of para-hydroxylation sites is 1.